The van der Waals surface area contributed by atoms with Crippen LogP contribution in [0.5, 0.6) is 0 Å². The van der Waals surface area contributed by atoms with Gasteiger partial charge in [-0.05, 0) is 36.3 Å². The van der Waals surface area contributed by atoms with Gasteiger partial charge in [-0.2, -0.15) is 0 Å². The van der Waals surface area contributed by atoms with Crippen molar-refractivity contribution in [1.82, 2.24) is 16.0 Å². The van der Waals surface area contributed by atoms with Crippen molar-refractivity contribution < 1.29 is 9.59 Å². The first-order chi connectivity index (χ1) is 12.6. The van der Waals surface area contributed by atoms with Gasteiger partial charge in [0.2, 0.25) is 11.8 Å². The van der Waals surface area contributed by atoms with Crippen molar-refractivity contribution in [3.05, 3.63) is 35.4 Å². The molecule has 2 amide bonds. The third-order valence-electron chi connectivity index (χ3n) is 5.89. The Morgan fingerprint density at radius 1 is 1.19 bits per heavy atom. The van der Waals surface area contributed by atoms with Gasteiger partial charge in [-0.15, -0.1) is 0 Å². The zero-order valence-electron chi connectivity index (χ0n) is 15.9. The van der Waals surface area contributed by atoms with E-state index in [0.717, 1.165) is 19.3 Å². The number of fused-ring (bicyclic) bond motifs is 1. The van der Waals surface area contributed by atoms with Crippen LogP contribution < -0.4 is 16.0 Å². The number of hydrogen-bond acceptors (Lipinski definition) is 3. The molecule has 5 heteroatoms. The van der Waals surface area contributed by atoms with Crippen LogP contribution in [0.1, 0.15) is 57.1 Å². The van der Waals surface area contributed by atoms with Gasteiger partial charge in [0.25, 0.3) is 0 Å². The van der Waals surface area contributed by atoms with Crippen molar-refractivity contribution in [2.24, 2.45) is 5.92 Å². The highest BCUT2D eigenvalue weighted by Crippen LogP contribution is 2.19. The first-order valence-corrected chi connectivity index (χ1v) is 9.99. The van der Waals surface area contributed by atoms with E-state index >= 15 is 0 Å². The molecule has 1 heterocycles. The lowest BCUT2D eigenvalue weighted by Gasteiger charge is -2.30. The molecule has 1 aliphatic heterocycles. The van der Waals surface area contributed by atoms with Gasteiger partial charge in [-0.1, -0.05) is 57.4 Å². The van der Waals surface area contributed by atoms with Crippen molar-refractivity contribution in [3.8, 4) is 0 Å². The Hall–Kier alpha value is -1.88. The summed E-state index contributed by atoms with van der Waals surface area (Å²) in [5, 5.41) is 9.48. The highest BCUT2D eigenvalue weighted by molar-refractivity contribution is 5.90. The van der Waals surface area contributed by atoms with Gasteiger partial charge in [-0.3, -0.25) is 9.59 Å². The second-order valence-corrected chi connectivity index (χ2v) is 7.77. The Morgan fingerprint density at radius 2 is 1.88 bits per heavy atom. The molecule has 0 spiro atoms. The van der Waals surface area contributed by atoms with Gasteiger partial charge in [0.05, 0.1) is 6.04 Å². The minimum atomic E-state index is -0.466. The standard InChI is InChI=1S/C21H31N3O2/c1-3-14(2)19(21(26)23-17-10-6-7-11-17)24-20(25)18-12-15-8-4-5-9-16(15)13-22-18/h4-5,8-9,14,17-19,22H,3,6-7,10-13H2,1-2H3,(H,23,26)(H,24,25)/t14-,18+,19+/m1/s1. The van der Waals surface area contributed by atoms with Gasteiger partial charge in [0.1, 0.15) is 6.04 Å². The molecule has 142 valence electrons. The zero-order valence-corrected chi connectivity index (χ0v) is 15.9. The van der Waals surface area contributed by atoms with E-state index in [1.165, 1.54) is 24.0 Å². The van der Waals surface area contributed by atoms with Crippen LogP contribution in [0.15, 0.2) is 24.3 Å². The number of benzene rings is 1. The molecule has 3 atom stereocenters. The maximum absolute atomic E-state index is 12.8. The molecular weight excluding hydrogens is 326 g/mol. The maximum atomic E-state index is 12.8. The average Bonchev–Trinajstić information content (AvgIpc) is 3.17. The van der Waals surface area contributed by atoms with Gasteiger partial charge < -0.3 is 16.0 Å². The molecule has 1 fully saturated rings. The van der Waals surface area contributed by atoms with Crippen molar-refractivity contribution in [3.63, 3.8) is 0 Å². The van der Waals surface area contributed by atoms with E-state index in [1.807, 2.05) is 19.1 Å². The zero-order chi connectivity index (χ0) is 18.5. The van der Waals surface area contributed by atoms with Crippen molar-refractivity contribution in [2.75, 3.05) is 0 Å². The van der Waals surface area contributed by atoms with Crippen molar-refractivity contribution >= 4 is 11.8 Å². The van der Waals surface area contributed by atoms with Crippen LogP contribution in [-0.2, 0) is 22.6 Å². The molecule has 0 bridgehead atoms. The van der Waals surface area contributed by atoms with Gasteiger partial charge >= 0.3 is 0 Å². The number of hydrogen-bond donors (Lipinski definition) is 3. The van der Waals surface area contributed by atoms with E-state index in [-0.39, 0.29) is 29.8 Å². The molecule has 0 unspecified atom stereocenters. The van der Waals surface area contributed by atoms with Crippen LogP contribution in [0, 0.1) is 5.92 Å². The van der Waals surface area contributed by atoms with E-state index in [1.54, 1.807) is 0 Å². The molecule has 1 aromatic rings. The lowest BCUT2D eigenvalue weighted by atomic mass is 9.94. The molecule has 26 heavy (non-hydrogen) atoms. The number of amides is 2. The summed E-state index contributed by atoms with van der Waals surface area (Å²) in [5.41, 5.74) is 2.45. The van der Waals surface area contributed by atoms with Crippen LogP contribution in [-0.4, -0.2) is 29.9 Å². The largest absolute Gasteiger partial charge is 0.352 e. The smallest absolute Gasteiger partial charge is 0.243 e. The summed E-state index contributed by atoms with van der Waals surface area (Å²) in [6.07, 6.45) is 5.97. The predicted octanol–water partition coefficient (Wildman–Crippen LogP) is 2.29. The molecule has 5 nitrogen and oxygen atoms in total. The normalized spacial score (nSPS) is 22.3. The van der Waals surface area contributed by atoms with Crippen LogP contribution in [0.25, 0.3) is 0 Å². The minimum absolute atomic E-state index is 0.0317. The monoisotopic (exact) mass is 357 g/mol. The molecule has 1 saturated carbocycles. The average molecular weight is 357 g/mol. The van der Waals surface area contributed by atoms with Crippen LogP contribution in [0.4, 0.5) is 0 Å². The summed E-state index contributed by atoms with van der Waals surface area (Å²) in [6.45, 7) is 4.78. The Bertz CT molecular complexity index is 640. The summed E-state index contributed by atoms with van der Waals surface area (Å²) < 4.78 is 0. The number of carbonyl (C=O) groups is 2. The highest BCUT2D eigenvalue weighted by atomic mass is 16.2. The number of carbonyl (C=O) groups excluding carboxylic acids is 2. The van der Waals surface area contributed by atoms with Gasteiger partial charge in [0.15, 0.2) is 0 Å². The second kappa shape index (κ2) is 8.67. The molecule has 0 radical (unpaired) electrons. The van der Waals surface area contributed by atoms with E-state index in [4.69, 9.17) is 0 Å². The van der Waals surface area contributed by atoms with Crippen LogP contribution >= 0.6 is 0 Å². The van der Waals surface area contributed by atoms with E-state index in [9.17, 15) is 9.59 Å². The maximum Gasteiger partial charge on any atom is 0.243 e. The van der Waals surface area contributed by atoms with E-state index in [2.05, 4.69) is 35.0 Å². The first-order valence-electron chi connectivity index (χ1n) is 9.99. The summed E-state index contributed by atoms with van der Waals surface area (Å²) >= 11 is 0. The fourth-order valence-electron chi connectivity index (χ4n) is 3.96. The lowest BCUT2D eigenvalue weighted by Crippen LogP contribution is -2.57. The molecule has 1 aliphatic carbocycles. The summed E-state index contributed by atoms with van der Waals surface area (Å²) in [5.74, 6) is -0.00147. The number of rotatable bonds is 6. The molecule has 3 rings (SSSR count). The van der Waals surface area contributed by atoms with Crippen molar-refractivity contribution in [1.29, 1.82) is 0 Å². The highest BCUT2D eigenvalue weighted by Gasteiger charge is 2.31. The quantitative estimate of drug-likeness (QED) is 0.732. The molecule has 1 aromatic carbocycles. The minimum Gasteiger partial charge on any atom is -0.352 e. The molecule has 0 saturated heterocycles. The SMILES string of the molecule is CC[C@@H](C)[C@H](NC(=O)[C@@H]1Cc2ccccc2CN1)C(=O)NC1CCCC1. The predicted molar refractivity (Wildman–Crippen MR) is 103 cm³/mol. The fraction of sp³-hybridized carbons (Fsp3) is 0.619. The first kappa shape index (κ1) is 18.9. The lowest BCUT2D eigenvalue weighted by molar-refractivity contribution is -0.131. The fourth-order valence-corrected chi connectivity index (χ4v) is 3.96. The van der Waals surface area contributed by atoms with Crippen LogP contribution in [0.3, 0.4) is 0 Å². The third kappa shape index (κ3) is 4.44. The molecular formula is C21H31N3O2. The Morgan fingerprint density at radius 3 is 2.58 bits per heavy atom. The van der Waals surface area contributed by atoms with Crippen LogP contribution in [0.2, 0.25) is 0 Å². The third-order valence-corrected chi connectivity index (χ3v) is 5.89. The van der Waals surface area contributed by atoms with Gasteiger partial charge in [0, 0.05) is 12.6 Å². The van der Waals surface area contributed by atoms with Gasteiger partial charge in [-0.25, -0.2) is 0 Å². The topological polar surface area (TPSA) is 70.2 Å². The number of nitrogens with one attached hydrogen (secondary N) is 3. The van der Waals surface area contributed by atoms with E-state index in [0.29, 0.717) is 13.0 Å². The molecule has 2 aliphatic rings. The Balaban J connectivity index is 1.62. The molecule has 3 N–H and O–H groups in total. The van der Waals surface area contributed by atoms with Crippen molar-refractivity contribution in [2.45, 2.75) is 77.0 Å². The Labute approximate surface area is 156 Å². The Kier molecular flexibility index (Phi) is 6.30. The van der Waals surface area contributed by atoms with E-state index < -0.39 is 6.04 Å². The summed E-state index contributed by atoms with van der Waals surface area (Å²) in [4.78, 5) is 25.6. The molecule has 0 aromatic heterocycles. The summed E-state index contributed by atoms with van der Waals surface area (Å²) in [6, 6.07) is 7.72. The summed E-state index contributed by atoms with van der Waals surface area (Å²) in [7, 11) is 0. The second-order valence-electron chi connectivity index (χ2n) is 7.77.